The van der Waals surface area contributed by atoms with Gasteiger partial charge in [0.2, 0.25) is 0 Å². The number of unbranched alkanes of at least 4 members (excludes halogenated alkanes) is 1. The lowest BCUT2D eigenvalue weighted by atomic mass is 10.1. The first-order valence-corrected chi connectivity index (χ1v) is 5.54. The maximum absolute atomic E-state index is 3.53. The molecule has 1 heteroatoms. The molecule has 0 spiro atoms. The van der Waals surface area contributed by atoms with E-state index < -0.39 is 0 Å². The van der Waals surface area contributed by atoms with Gasteiger partial charge in [-0.25, -0.2) is 0 Å². The second kappa shape index (κ2) is 5.82. The van der Waals surface area contributed by atoms with E-state index >= 15 is 0 Å². The largest absolute Gasteiger partial charge is 0.310 e. The van der Waals surface area contributed by atoms with E-state index in [0.717, 1.165) is 6.54 Å². The van der Waals surface area contributed by atoms with Crippen LogP contribution in [0.25, 0.3) is 0 Å². The van der Waals surface area contributed by atoms with Crippen LogP contribution in [0.15, 0.2) is 24.3 Å². The van der Waals surface area contributed by atoms with Gasteiger partial charge >= 0.3 is 0 Å². The monoisotopic (exact) mass is 191 g/mol. The predicted molar refractivity (Wildman–Crippen MR) is 62.5 cm³/mol. The summed E-state index contributed by atoms with van der Waals surface area (Å²) in [4.78, 5) is 0. The molecule has 1 aromatic carbocycles. The van der Waals surface area contributed by atoms with Gasteiger partial charge in [-0.1, -0.05) is 43.2 Å². The van der Waals surface area contributed by atoms with Crippen molar-refractivity contribution >= 4 is 0 Å². The van der Waals surface area contributed by atoms with Gasteiger partial charge in [0.25, 0.3) is 0 Å². The summed E-state index contributed by atoms with van der Waals surface area (Å²) in [7, 11) is 0. The molecule has 1 N–H and O–H groups in total. The zero-order chi connectivity index (χ0) is 10.4. The fourth-order valence-corrected chi connectivity index (χ4v) is 1.55. The standard InChI is InChI=1S/C13H21N/c1-4-5-9-14-12(3)13-8-6-7-11(2)10-13/h6-8,10,12,14H,4-5,9H2,1-3H3. The van der Waals surface area contributed by atoms with Gasteiger partial charge in [0.1, 0.15) is 0 Å². The summed E-state index contributed by atoms with van der Waals surface area (Å²) in [5.74, 6) is 0. The summed E-state index contributed by atoms with van der Waals surface area (Å²) in [6.07, 6.45) is 2.52. The van der Waals surface area contributed by atoms with Crippen LogP contribution < -0.4 is 5.32 Å². The molecule has 0 saturated carbocycles. The topological polar surface area (TPSA) is 12.0 Å². The van der Waals surface area contributed by atoms with Gasteiger partial charge in [0, 0.05) is 6.04 Å². The normalized spacial score (nSPS) is 12.8. The molecule has 1 rings (SSSR count). The Morgan fingerprint density at radius 1 is 1.36 bits per heavy atom. The number of hydrogen-bond acceptors (Lipinski definition) is 1. The van der Waals surface area contributed by atoms with Crippen LogP contribution in [0.3, 0.4) is 0 Å². The smallest absolute Gasteiger partial charge is 0.0291 e. The van der Waals surface area contributed by atoms with Crippen LogP contribution >= 0.6 is 0 Å². The van der Waals surface area contributed by atoms with Crippen molar-refractivity contribution in [3.05, 3.63) is 35.4 Å². The molecule has 0 aliphatic heterocycles. The number of aryl methyl sites for hydroxylation is 1. The van der Waals surface area contributed by atoms with Crippen molar-refractivity contribution in [2.45, 2.75) is 39.7 Å². The maximum atomic E-state index is 3.53. The van der Waals surface area contributed by atoms with Crippen molar-refractivity contribution in [1.29, 1.82) is 0 Å². The highest BCUT2D eigenvalue weighted by molar-refractivity contribution is 5.24. The molecule has 0 saturated heterocycles. The van der Waals surface area contributed by atoms with Crippen molar-refractivity contribution in [1.82, 2.24) is 5.32 Å². The highest BCUT2D eigenvalue weighted by Gasteiger charge is 2.02. The minimum atomic E-state index is 0.474. The van der Waals surface area contributed by atoms with Gasteiger partial charge in [-0.2, -0.15) is 0 Å². The second-order valence-electron chi connectivity index (χ2n) is 3.94. The SMILES string of the molecule is CCCCNC(C)c1cccc(C)c1. The molecule has 0 bridgehead atoms. The number of benzene rings is 1. The first-order chi connectivity index (χ1) is 6.74. The average molecular weight is 191 g/mol. The third-order valence-corrected chi connectivity index (χ3v) is 2.52. The Hall–Kier alpha value is -0.820. The van der Waals surface area contributed by atoms with Gasteiger partial charge in [-0.05, 0) is 32.4 Å². The van der Waals surface area contributed by atoms with Crippen LogP contribution in [-0.4, -0.2) is 6.54 Å². The van der Waals surface area contributed by atoms with Gasteiger partial charge in [0.05, 0.1) is 0 Å². The summed E-state index contributed by atoms with van der Waals surface area (Å²) >= 11 is 0. The van der Waals surface area contributed by atoms with Crippen molar-refractivity contribution < 1.29 is 0 Å². The average Bonchev–Trinajstić information content (AvgIpc) is 2.18. The van der Waals surface area contributed by atoms with Gasteiger partial charge in [-0.3, -0.25) is 0 Å². The Kier molecular flexibility index (Phi) is 4.68. The third kappa shape index (κ3) is 3.51. The van der Waals surface area contributed by atoms with E-state index in [2.05, 4.69) is 50.4 Å². The molecule has 0 amide bonds. The van der Waals surface area contributed by atoms with Crippen LogP contribution in [0.4, 0.5) is 0 Å². The van der Waals surface area contributed by atoms with E-state index in [1.807, 2.05) is 0 Å². The molecule has 1 nitrogen and oxygen atoms in total. The lowest BCUT2D eigenvalue weighted by molar-refractivity contribution is 0.554. The molecule has 1 atom stereocenters. The minimum Gasteiger partial charge on any atom is -0.310 e. The van der Waals surface area contributed by atoms with Crippen molar-refractivity contribution in [2.75, 3.05) is 6.54 Å². The molecule has 0 aromatic heterocycles. The van der Waals surface area contributed by atoms with Crippen LogP contribution in [0.1, 0.15) is 43.9 Å². The maximum Gasteiger partial charge on any atom is 0.0291 e. The molecule has 0 fully saturated rings. The van der Waals surface area contributed by atoms with E-state index in [9.17, 15) is 0 Å². The predicted octanol–water partition coefficient (Wildman–Crippen LogP) is 3.45. The Balaban J connectivity index is 2.47. The summed E-state index contributed by atoms with van der Waals surface area (Å²) in [5, 5.41) is 3.53. The highest BCUT2D eigenvalue weighted by atomic mass is 14.9. The minimum absolute atomic E-state index is 0.474. The molecular formula is C13H21N. The van der Waals surface area contributed by atoms with Crippen LogP contribution in [0.2, 0.25) is 0 Å². The van der Waals surface area contributed by atoms with E-state index in [4.69, 9.17) is 0 Å². The lowest BCUT2D eigenvalue weighted by Gasteiger charge is -2.14. The van der Waals surface area contributed by atoms with E-state index in [0.29, 0.717) is 6.04 Å². The van der Waals surface area contributed by atoms with Crippen LogP contribution in [0, 0.1) is 6.92 Å². The first-order valence-electron chi connectivity index (χ1n) is 5.54. The Morgan fingerprint density at radius 3 is 2.79 bits per heavy atom. The zero-order valence-electron chi connectivity index (χ0n) is 9.51. The molecule has 1 unspecified atom stereocenters. The second-order valence-corrected chi connectivity index (χ2v) is 3.94. The van der Waals surface area contributed by atoms with Crippen molar-refractivity contribution in [3.8, 4) is 0 Å². The fourth-order valence-electron chi connectivity index (χ4n) is 1.55. The number of hydrogen-bond donors (Lipinski definition) is 1. The number of rotatable bonds is 5. The molecule has 0 heterocycles. The van der Waals surface area contributed by atoms with E-state index in [1.54, 1.807) is 0 Å². The molecule has 0 radical (unpaired) electrons. The van der Waals surface area contributed by atoms with Crippen LogP contribution in [0.5, 0.6) is 0 Å². The lowest BCUT2D eigenvalue weighted by Crippen LogP contribution is -2.19. The summed E-state index contributed by atoms with van der Waals surface area (Å²) in [6.45, 7) is 7.71. The molecule has 78 valence electrons. The fraction of sp³-hybridized carbons (Fsp3) is 0.538. The quantitative estimate of drug-likeness (QED) is 0.703. The highest BCUT2D eigenvalue weighted by Crippen LogP contribution is 2.13. The molecule has 0 aliphatic carbocycles. The van der Waals surface area contributed by atoms with Gasteiger partial charge in [0.15, 0.2) is 0 Å². The van der Waals surface area contributed by atoms with Crippen molar-refractivity contribution in [2.24, 2.45) is 0 Å². The Morgan fingerprint density at radius 2 is 2.14 bits per heavy atom. The third-order valence-electron chi connectivity index (χ3n) is 2.52. The molecule has 0 aliphatic rings. The Labute approximate surface area is 87.5 Å². The molecule has 1 aromatic rings. The van der Waals surface area contributed by atoms with Gasteiger partial charge < -0.3 is 5.32 Å². The molecular weight excluding hydrogens is 170 g/mol. The van der Waals surface area contributed by atoms with E-state index in [-0.39, 0.29) is 0 Å². The van der Waals surface area contributed by atoms with Gasteiger partial charge in [-0.15, -0.1) is 0 Å². The van der Waals surface area contributed by atoms with Crippen molar-refractivity contribution in [3.63, 3.8) is 0 Å². The summed E-state index contributed by atoms with van der Waals surface area (Å²) in [5.41, 5.74) is 2.73. The van der Waals surface area contributed by atoms with Crippen LogP contribution in [-0.2, 0) is 0 Å². The molecule has 14 heavy (non-hydrogen) atoms. The first kappa shape index (κ1) is 11.3. The summed E-state index contributed by atoms with van der Waals surface area (Å²) in [6, 6.07) is 9.19. The van der Waals surface area contributed by atoms with E-state index in [1.165, 1.54) is 24.0 Å². The zero-order valence-corrected chi connectivity index (χ0v) is 9.51. The number of nitrogens with one attached hydrogen (secondary N) is 1. The Bertz CT molecular complexity index is 268. The summed E-state index contributed by atoms with van der Waals surface area (Å²) < 4.78 is 0.